The van der Waals surface area contributed by atoms with E-state index in [2.05, 4.69) is 179 Å². The highest BCUT2D eigenvalue weighted by molar-refractivity contribution is 5.82. The molecule has 1 heterocycles. The third-order valence-corrected chi connectivity index (χ3v) is 9.03. The number of nitrogens with zero attached hydrogens (tertiary/aromatic N) is 3. The summed E-state index contributed by atoms with van der Waals surface area (Å²) in [5.74, 6) is 0.620. The van der Waals surface area contributed by atoms with Crippen molar-refractivity contribution in [1.29, 1.82) is 0 Å². The first-order chi connectivity index (χ1) is 23.5. The van der Waals surface area contributed by atoms with Crippen molar-refractivity contribution in [3.05, 3.63) is 163 Å². The number of anilines is 6. The zero-order valence-corrected chi connectivity index (χ0v) is 29.2. The quantitative estimate of drug-likeness (QED) is 0.173. The van der Waals surface area contributed by atoms with Gasteiger partial charge in [0.15, 0.2) is 5.58 Å². The van der Waals surface area contributed by atoms with Crippen molar-refractivity contribution in [2.75, 3.05) is 9.80 Å². The maximum atomic E-state index is 6.05. The summed E-state index contributed by atoms with van der Waals surface area (Å²) >= 11 is 0. The number of hydrogen-bond donors (Lipinski definition) is 0. The van der Waals surface area contributed by atoms with E-state index in [1.54, 1.807) is 0 Å². The molecule has 0 aliphatic rings. The van der Waals surface area contributed by atoms with Crippen LogP contribution >= 0.6 is 0 Å². The second-order valence-electron chi connectivity index (χ2n) is 14.7. The first-order valence-corrected chi connectivity index (χ1v) is 17.0. The zero-order valence-electron chi connectivity index (χ0n) is 29.2. The van der Waals surface area contributed by atoms with E-state index < -0.39 is 0 Å². The van der Waals surface area contributed by atoms with Gasteiger partial charge in [0.2, 0.25) is 5.89 Å². The van der Waals surface area contributed by atoms with Crippen molar-refractivity contribution in [3.8, 4) is 11.5 Å². The van der Waals surface area contributed by atoms with Crippen molar-refractivity contribution in [3.63, 3.8) is 0 Å². The van der Waals surface area contributed by atoms with Crippen LogP contribution in [0.1, 0.15) is 52.7 Å². The average Bonchev–Trinajstić information content (AvgIpc) is 3.54. The van der Waals surface area contributed by atoms with E-state index in [0.717, 1.165) is 50.8 Å². The minimum absolute atomic E-state index is 0.0844. The van der Waals surface area contributed by atoms with E-state index in [0.29, 0.717) is 5.89 Å². The fraction of sp³-hybridized carbons (Fsp3) is 0.178. The molecule has 1 aromatic heterocycles. The van der Waals surface area contributed by atoms with E-state index >= 15 is 0 Å². The van der Waals surface area contributed by atoms with Crippen LogP contribution in [0.15, 0.2) is 156 Å². The normalized spacial score (nSPS) is 11.9. The van der Waals surface area contributed by atoms with Crippen molar-refractivity contribution >= 4 is 45.2 Å². The largest absolute Gasteiger partial charge is 0.436 e. The van der Waals surface area contributed by atoms with Crippen LogP contribution in [-0.4, -0.2) is 4.98 Å². The molecule has 244 valence electrons. The fourth-order valence-electron chi connectivity index (χ4n) is 6.19. The molecular weight excluding hydrogens is 599 g/mol. The van der Waals surface area contributed by atoms with Crippen LogP contribution in [0.25, 0.3) is 22.6 Å². The summed E-state index contributed by atoms with van der Waals surface area (Å²) in [6, 6.07) is 53.6. The standard InChI is InChI=1S/C45H43N3O/c1-44(2,3)33-18-24-37(25-19-33)48(38-26-20-34(21-27-38)45(4,5)6)40-30-28-39(29-31-40)47(35-12-8-7-9-13-35)36-22-16-32(17-23-36)43-46-41-14-10-11-15-42(41)49-43/h7-31H,1-6H3. The third-order valence-electron chi connectivity index (χ3n) is 9.03. The Balaban J connectivity index is 1.26. The maximum Gasteiger partial charge on any atom is 0.227 e. The summed E-state index contributed by atoms with van der Waals surface area (Å²) < 4.78 is 6.05. The van der Waals surface area contributed by atoms with Gasteiger partial charge in [-0.15, -0.1) is 0 Å². The second-order valence-corrected chi connectivity index (χ2v) is 14.7. The number of hydrogen-bond acceptors (Lipinski definition) is 4. The van der Waals surface area contributed by atoms with Gasteiger partial charge in [0.25, 0.3) is 0 Å². The molecule has 6 aromatic carbocycles. The molecule has 0 aliphatic carbocycles. The number of oxazole rings is 1. The number of benzene rings is 6. The molecule has 0 N–H and O–H groups in total. The lowest BCUT2D eigenvalue weighted by Gasteiger charge is -2.29. The second kappa shape index (κ2) is 12.8. The summed E-state index contributed by atoms with van der Waals surface area (Å²) in [6.07, 6.45) is 0. The van der Waals surface area contributed by atoms with Gasteiger partial charge in [-0.05, 0) is 119 Å². The van der Waals surface area contributed by atoms with Crippen LogP contribution in [0, 0.1) is 0 Å². The van der Waals surface area contributed by atoms with Gasteiger partial charge < -0.3 is 14.2 Å². The zero-order chi connectivity index (χ0) is 34.2. The van der Waals surface area contributed by atoms with Crippen LogP contribution in [0.4, 0.5) is 34.1 Å². The molecule has 4 heteroatoms. The van der Waals surface area contributed by atoms with Gasteiger partial charge >= 0.3 is 0 Å². The van der Waals surface area contributed by atoms with E-state index in [1.165, 1.54) is 11.1 Å². The molecule has 7 rings (SSSR count). The smallest absolute Gasteiger partial charge is 0.227 e. The van der Waals surface area contributed by atoms with Gasteiger partial charge in [-0.25, -0.2) is 4.98 Å². The van der Waals surface area contributed by atoms with Crippen LogP contribution in [0.5, 0.6) is 0 Å². The van der Waals surface area contributed by atoms with Crippen LogP contribution in [-0.2, 0) is 10.8 Å². The predicted molar refractivity (Wildman–Crippen MR) is 206 cm³/mol. The molecule has 0 radical (unpaired) electrons. The minimum Gasteiger partial charge on any atom is -0.436 e. The summed E-state index contributed by atoms with van der Waals surface area (Å²) in [5.41, 5.74) is 11.9. The molecule has 0 spiro atoms. The molecule has 0 saturated heterocycles. The molecule has 0 bridgehead atoms. The number of aromatic nitrogens is 1. The van der Waals surface area contributed by atoms with E-state index in [4.69, 9.17) is 9.40 Å². The molecule has 0 saturated carbocycles. The van der Waals surface area contributed by atoms with Crippen LogP contribution < -0.4 is 9.80 Å². The number of rotatable bonds is 7. The highest BCUT2D eigenvalue weighted by Gasteiger charge is 2.20. The molecule has 49 heavy (non-hydrogen) atoms. The van der Waals surface area contributed by atoms with Crippen LogP contribution in [0.3, 0.4) is 0 Å². The molecule has 0 amide bonds. The van der Waals surface area contributed by atoms with Gasteiger partial charge in [0.1, 0.15) is 5.52 Å². The van der Waals surface area contributed by atoms with Gasteiger partial charge in [-0.2, -0.15) is 0 Å². The predicted octanol–water partition coefficient (Wildman–Crippen LogP) is 13.0. The highest BCUT2D eigenvalue weighted by atomic mass is 16.3. The Hall–Kier alpha value is -5.61. The van der Waals surface area contributed by atoms with E-state index in [1.807, 2.05) is 24.3 Å². The van der Waals surface area contributed by atoms with Gasteiger partial charge in [-0.1, -0.05) is 96.1 Å². The highest BCUT2D eigenvalue weighted by Crippen LogP contribution is 2.40. The molecule has 0 atom stereocenters. The Morgan fingerprint density at radius 1 is 0.408 bits per heavy atom. The average molecular weight is 642 g/mol. The van der Waals surface area contributed by atoms with Gasteiger partial charge in [0, 0.05) is 39.7 Å². The minimum atomic E-state index is 0.0844. The lowest BCUT2D eigenvalue weighted by molar-refractivity contribution is 0.590. The monoisotopic (exact) mass is 641 g/mol. The molecule has 4 nitrogen and oxygen atoms in total. The van der Waals surface area contributed by atoms with Crippen molar-refractivity contribution in [2.45, 2.75) is 52.4 Å². The topological polar surface area (TPSA) is 32.5 Å². The lowest BCUT2D eigenvalue weighted by Crippen LogP contribution is -2.14. The summed E-state index contributed by atoms with van der Waals surface area (Å²) in [5, 5.41) is 0. The third kappa shape index (κ3) is 6.73. The molecule has 0 fully saturated rings. The Kier molecular flexibility index (Phi) is 8.33. The number of para-hydroxylation sites is 3. The van der Waals surface area contributed by atoms with Crippen LogP contribution in [0.2, 0.25) is 0 Å². The first kappa shape index (κ1) is 32.0. The van der Waals surface area contributed by atoms with E-state index in [9.17, 15) is 0 Å². The summed E-state index contributed by atoms with van der Waals surface area (Å²) in [6.45, 7) is 13.5. The summed E-state index contributed by atoms with van der Waals surface area (Å²) in [7, 11) is 0. The lowest BCUT2D eigenvalue weighted by atomic mass is 9.86. The molecule has 7 aromatic rings. The number of fused-ring (bicyclic) bond motifs is 1. The Morgan fingerprint density at radius 3 is 1.20 bits per heavy atom. The Bertz CT molecular complexity index is 2060. The maximum absolute atomic E-state index is 6.05. The molecular formula is C45H43N3O. The SMILES string of the molecule is CC(C)(C)c1ccc(N(c2ccc(N(c3ccccc3)c3ccc(-c4nc5ccccc5o4)cc3)cc2)c2ccc(C(C)(C)C)cc2)cc1. The Labute approximate surface area is 290 Å². The van der Waals surface area contributed by atoms with Crippen molar-refractivity contribution in [2.24, 2.45) is 0 Å². The van der Waals surface area contributed by atoms with Gasteiger partial charge in [0.05, 0.1) is 0 Å². The first-order valence-electron chi connectivity index (χ1n) is 17.0. The molecule has 0 aliphatic heterocycles. The Morgan fingerprint density at radius 2 is 0.776 bits per heavy atom. The summed E-state index contributed by atoms with van der Waals surface area (Å²) in [4.78, 5) is 9.31. The van der Waals surface area contributed by atoms with Gasteiger partial charge in [-0.3, -0.25) is 0 Å². The van der Waals surface area contributed by atoms with Crippen molar-refractivity contribution in [1.82, 2.24) is 4.98 Å². The van der Waals surface area contributed by atoms with E-state index in [-0.39, 0.29) is 10.8 Å². The fourth-order valence-corrected chi connectivity index (χ4v) is 6.19. The van der Waals surface area contributed by atoms with Crippen molar-refractivity contribution < 1.29 is 4.42 Å². The molecule has 0 unspecified atom stereocenters.